The second-order valence-electron chi connectivity index (χ2n) is 5.53. The first-order valence-corrected chi connectivity index (χ1v) is 8.75. The van der Waals surface area contributed by atoms with Gasteiger partial charge in [0.1, 0.15) is 6.61 Å². The third-order valence-corrected chi connectivity index (χ3v) is 5.10. The van der Waals surface area contributed by atoms with Gasteiger partial charge < -0.3 is 15.0 Å². The van der Waals surface area contributed by atoms with E-state index in [4.69, 9.17) is 16.3 Å². The standard InChI is InChI=1S/C17H17ClN2O3S/c1-20-14(21)10-23-16(15(20)11-4-6-12(18)7-5-11)17(22)19-9-13-3-2-8-24-13/h2-8,15-16H,9-10H2,1H3,(H,19,22)/t15-,16-/m1/s1. The number of rotatable bonds is 4. The van der Waals surface area contributed by atoms with Crippen molar-refractivity contribution in [3.8, 4) is 0 Å². The molecule has 5 nitrogen and oxygen atoms in total. The summed E-state index contributed by atoms with van der Waals surface area (Å²) in [5, 5.41) is 5.44. The molecule has 2 atom stereocenters. The molecular formula is C17H17ClN2O3S. The molecule has 1 N–H and O–H groups in total. The van der Waals surface area contributed by atoms with Crippen molar-refractivity contribution in [3.05, 3.63) is 57.2 Å². The number of amides is 2. The Morgan fingerprint density at radius 3 is 2.79 bits per heavy atom. The molecule has 126 valence electrons. The lowest BCUT2D eigenvalue weighted by atomic mass is 9.97. The van der Waals surface area contributed by atoms with Crippen molar-refractivity contribution in [1.82, 2.24) is 10.2 Å². The van der Waals surface area contributed by atoms with E-state index in [9.17, 15) is 9.59 Å². The number of nitrogens with one attached hydrogen (secondary N) is 1. The summed E-state index contributed by atoms with van der Waals surface area (Å²) in [6, 6.07) is 10.5. The van der Waals surface area contributed by atoms with E-state index in [0.717, 1.165) is 10.4 Å². The van der Waals surface area contributed by atoms with Gasteiger partial charge in [-0.1, -0.05) is 29.8 Å². The van der Waals surface area contributed by atoms with Crippen molar-refractivity contribution >= 4 is 34.8 Å². The van der Waals surface area contributed by atoms with E-state index in [1.54, 1.807) is 35.4 Å². The summed E-state index contributed by atoms with van der Waals surface area (Å²) in [7, 11) is 1.68. The highest BCUT2D eigenvalue weighted by atomic mass is 35.5. The highest BCUT2D eigenvalue weighted by Crippen LogP contribution is 2.30. The van der Waals surface area contributed by atoms with E-state index in [1.807, 2.05) is 29.6 Å². The van der Waals surface area contributed by atoms with Crippen molar-refractivity contribution in [3.63, 3.8) is 0 Å². The van der Waals surface area contributed by atoms with Gasteiger partial charge >= 0.3 is 0 Å². The Morgan fingerprint density at radius 2 is 2.12 bits per heavy atom. The highest BCUT2D eigenvalue weighted by molar-refractivity contribution is 7.09. The maximum absolute atomic E-state index is 12.6. The molecule has 0 spiro atoms. The van der Waals surface area contributed by atoms with E-state index in [0.29, 0.717) is 11.6 Å². The van der Waals surface area contributed by atoms with E-state index in [1.165, 1.54) is 0 Å². The lowest BCUT2D eigenvalue weighted by molar-refractivity contribution is -0.162. The van der Waals surface area contributed by atoms with Crippen LogP contribution >= 0.6 is 22.9 Å². The van der Waals surface area contributed by atoms with E-state index >= 15 is 0 Å². The first-order valence-electron chi connectivity index (χ1n) is 7.49. The van der Waals surface area contributed by atoms with Crippen LogP contribution in [-0.2, 0) is 20.9 Å². The molecule has 1 fully saturated rings. The lowest BCUT2D eigenvalue weighted by Gasteiger charge is -2.38. The fourth-order valence-corrected chi connectivity index (χ4v) is 3.45. The van der Waals surface area contributed by atoms with Crippen LogP contribution < -0.4 is 5.32 Å². The summed E-state index contributed by atoms with van der Waals surface area (Å²) >= 11 is 7.51. The summed E-state index contributed by atoms with van der Waals surface area (Å²) in [6.07, 6.45) is -0.756. The molecule has 1 aliphatic heterocycles. The number of nitrogens with zero attached hydrogens (tertiary/aromatic N) is 1. The third-order valence-electron chi connectivity index (χ3n) is 3.97. The van der Waals surface area contributed by atoms with Crippen LogP contribution in [0.15, 0.2) is 41.8 Å². The summed E-state index contributed by atoms with van der Waals surface area (Å²) < 4.78 is 5.56. The van der Waals surface area contributed by atoms with Crippen LogP contribution in [0.25, 0.3) is 0 Å². The fourth-order valence-electron chi connectivity index (χ4n) is 2.68. The Labute approximate surface area is 149 Å². The molecule has 1 saturated heterocycles. The average molecular weight is 365 g/mol. The van der Waals surface area contributed by atoms with E-state index in [-0.39, 0.29) is 18.4 Å². The number of likely N-dealkylation sites (N-methyl/N-ethyl adjacent to an activating group) is 1. The predicted octanol–water partition coefficient (Wildman–Crippen LogP) is 2.62. The number of hydrogen-bond acceptors (Lipinski definition) is 4. The Kier molecular flexibility index (Phi) is 5.18. The Balaban J connectivity index is 1.79. The highest BCUT2D eigenvalue weighted by Gasteiger charge is 2.39. The summed E-state index contributed by atoms with van der Waals surface area (Å²) in [5.41, 5.74) is 0.811. The zero-order chi connectivity index (χ0) is 17.1. The van der Waals surface area contributed by atoms with Crippen LogP contribution in [0, 0.1) is 0 Å². The topological polar surface area (TPSA) is 58.6 Å². The quantitative estimate of drug-likeness (QED) is 0.907. The van der Waals surface area contributed by atoms with Crippen molar-refractivity contribution < 1.29 is 14.3 Å². The van der Waals surface area contributed by atoms with Gasteiger partial charge in [0.15, 0.2) is 6.10 Å². The van der Waals surface area contributed by atoms with Gasteiger partial charge in [-0.15, -0.1) is 11.3 Å². The van der Waals surface area contributed by atoms with Crippen LogP contribution in [0.1, 0.15) is 16.5 Å². The van der Waals surface area contributed by atoms with Gasteiger partial charge in [-0.25, -0.2) is 0 Å². The SMILES string of the molecule is CN1C(=O)CO[C@@H](C(=O)NCc2cccs2)[C@H]1c1ccc(Cl)cc1. The molecule has 1 aliphatic rings. The number of ether oxygens (including phenoxy) is 1. The summed E-state index contributed by atoms with van der Waals surface area (Å²) in [6.45, 7) is 0.346. The van der Waals surface area contributed by atoms with Gasteiger partial charge in [0.05, 0.1) is 12.6 Å². The van der Waals surface area contributed by atoms with Crippen molar-refractivity contribution in [2.75, 3.05) is 13.7 Å². The fraction of sp³-hybridized carbons (Fsp3) is 0.294. The Hall–Kier alpha value is -1.89. The smallest absolute Gasteiger partial charge is 0.251 e. The van der Waals surface area contributed by atoms with Crippen LogP contribution in [0.2, 0.25) is 5.02 Å². The van der Waals surface area contributed by atoms with Gasteiger partial charge in [-0.3, -0.25) is 9.59 Å². The number of carbonyl (C=O) groups is 2. The molecule has 0 bridgehead atoms. The number of hydrogen-bond donors (Lipinski definition) is 1. The maximum Gasteiger partial charge on any atom is 0.251 e. The molecule has 24 heavy (non-hydrogen) atoms. The monoisotopic (exact) mass is 364 g/mol. The molecule has 1 aromatic heterocycles. The molecule has 0 saturated carbocycles. The zero-order valence-electron chi connectivity index (χ0n) is 13.1. The molecule has 0 radical (unpaired) electrons. The third kappa shape index (κ3) is 3.61. The first kappa shape index (κ1) is 17.0. The van der Waals surface area contributed by atoms with Crippen molar-refractivity contribution in [2.24, 2.45) is 0 Å². The van der Waals surface area contributed by atoms with Crippen LogP contribution in [0.5, 0.6) is 0 Å². The molecule has 2 aromatic rings. The molecular weight excluding hydrogens is 348 g/mol. The zero-order valence-corrected chi connectivity index (χ0v) is 14.6. The number of morpholine rings is 1. The first-order chi connectivity index (χ1) is 11.6. The Bertz CT molecular complexity index is 718. The maximum atomic E-state index is 12.6. The number of benzene rings is 1. The van der Waals surface area contributed by atoms with Gasteiger partial charge in [0.25, 0.3) is 5.91 Å². The van der Waals surface area contributed by atoms with Crippen LogP contribution in [0.3, 0.4) is 0 Å². The number of carbonyl (C=O) groups excluding carboxylic acids is 2. The van der Waals surface area contributed by atoms with Crippen molar-refractivity contribution in [2.45, 2.75) is 18.7 Å². The van der Waals surface area contributed by atoms with Gasteiger partial charge in [0.2, 0.25) is 5.91 Å². The summed E-state index contributed by atoms with van der Waals surface area (Å²) in [4.78, 5) is 27.2. The van der Waals surface area contributed by atoms with Gasteiger partial charge in [-0.05, 0) is 29.1 Å². The van der Waals surface area contributed by atoms with Gasteiger partial charge in [0, 0.05) is 16.9 Å². The van der Waals surface area contributed by atoms with Gasteiger partial charge in [-0.2, -0.15) is 0 Å². The molecule has 0 aliphatic carbocycles. The molecule has 7 heteroatoms. The minimum atomic E-state index is -0.756. The lowest BCUT2D eigenvalue weighted by Crippen LogP contribution is -2.52. The van der Waals surface area contributed by atoms with Crippen LogP contribution in [-0.4, -0.2) is 36.5 Å². The minimum absolute atomic E-state index is 0.0995. The largest absolute Gasteiger partial charge is 0.356 e. The number of thiophene rings is 1. The minimum Gasteiger partial charge on any atom is -0.356 e. The number of halogens is 1. The van der Waals surface area contributed by atoms with E-state index < -0.39 is 12.1 Å². The average Bonchev–Trinajstić information content (AvgIpc) is 3.09. The molecule has 3 rings (SSSR count). The predicted molar refractivity (Wildman–Crippen MR) is 92.9 cm³/mol. The summed E-state index contributed by atoms with van der Waals surface area (Å²) in [5.74, 6) is -0.389. The Morgan fingerprint density at radius 1 is 1.38 bits per heavy atom. The molecule has 0 unspecified atom stereocenters. The van der Waals surface area contributed by atoms with Crippen molar-refractivity contribution in [1.29, 1.82) is 0 Å². The van der Waals surface area contributed by atoms with E-state index in [2.05, 4.69) is 5.32 Å². The normalized spacial score (nSPS) is 20.9. The second-order valence-corrected chi connectivity index (χ2v) is 7.00. The van der Waals surface area contributed by atoms with Crippen LogP contribution in [0.4, 0.5) is 0 Å². The molecule has 2 heterocycles. The second kappa shape index (κ2) is 7.34. The molecule has 1 aromatic carbocycles. The molecule has 2 amide bonds.